The van der Waals surface area contributed by atoms with E-state index >= 15 is 0 Å². The van der Waals surface area contributed by atoms with E-state index in [0.717, 1.165) is 19.3 Å². The number of unbranched alkanes of at least 4 members (excludes halogenated alkanes) is 1. The summed E-state index contributed by atoms with van der Waals surface area (Å²) in [7, 11) is 1.63. The van der Waals surface area contributed by atoms with Gasteiger partial charge in [-0.1, -0.05) is 52.0 Å². The zero-order valence-corrected chi connectivity index (χ0v) is 26.4. The van der Waals surface area contributed by atoms with Gasteiger partial charge >= 0.3 is 6.09 Å². The Hall–Kier alpha value is -3.05. The van der Waals surface area contributed by atoms with E-state index in [0.29, 0.717) is 38.1 Å². The molecule has 1 aliphatic carbocycles. The summed E-state index contributed by atoms with van der Waals surface area (Å²) in [6.45, 7) is 11.1. The van der Waals surface area contributed by atoms with E-state index in [1.807, 2.05) is 34.6 Å². The minimum Gasteiger partial charge on any atom is -0.465 e. The number of benzene rings is 1. The number of carbonyl (C=O) groups excluding carboxylic acids is 1. The number of carbonyl (C=O) groups is 2. The van der Waals surface area contributed by atoms with Gasteiger partial charge in [-0.05, 0) is 67.9 Å². The van der Waals surface area contributed by atoms with Gasteiger partial charge in [0.05, 0.1) is 17.8 Å². The second-order valence-electron chi connectivity index (χ2n) is 13.7. The molecule has 2 aliphatic rings. The smallest absolute Gasteiger partial charge is 0.407 e. The van der Waals surface area contributed by atoms with Gasteiger partial charge in [0.1, 0.15) is 11.5 Å². The van der Waals surface area contributed by atoms with E-state index in [1.165, 1.54) is 15.6 Å². The Labute approximate surface area is 254 Å². The molecule has 1 aliphatic heterocycles. The lowest BCUT2D eigenvalue weighted by Crippen LogP contribution is -2.64. The monoisotopic (exact) mass is 601 g/mol. The molecule has 2 aromatic rings. The maximum absolute atomic E-state index is 14.9. The van der Waals surface area contributed by atoms with Gasteiger partial charge in [-0.15, -0.1) is 5.10 Å². The van der Waals surface area contributed by atoms with Crippen LogP contribution in [0.4, 0.5) is 9.18 Å². The van der Waals surface area contributed by atoms with Crippen molar-refractivity contribution in [1.29, 1.82) is 0 Å². The average molecular weight is 602 g/mol. The van der Waals surface area contributed by atoms with E-state index in [2.05, 4.69) is 10.3 Å². The van der Waals surface area contributed by atoms with Gasteiger partial charge in [-0.3, -0.25) is 4.79 Å². The van der Waals surface area contributed by atoms with Crippen LogP contribution < -0.4 is 0 Å². The third-order valence-corrected chi connectivity index (χ3v) is 8.69. The molecule has 1 saturated heterocycles. The maximum Gasteiger partial charge on any atom is 0.407 e. The average Bonchev–Trinajstić information content (AvgIpc) is 3.72. The quantitative estimate of drug-likeness (QED) is 0.328. The van der Waals surface area contributed by atoms with Crippen molar-refractivity contribution >= 4 is 12.0 Å². The van der Waals surface area contributed by atoms with Crippen LogP contribution in [0.5, 0.6) is 0 Å². The second kappa shape index (κ2) is 13.7. The Morgan fingerprint density at radius 2 is 1.88 bits per heavy atom. The highest BCUT2D eigenvalue weighted by Gasteiger charge is 2.51. The van der Waals surface area contributed by atoms with Gasteiger partial charge in [0, 0.05) is 38.8 Å². The molecule has 4 atom stereocenters. The summed E-state index contributed by atoms with van der Waals surface area (Å²) < 4.78 is 21.5. The fraction of sp³-hybridized carbons (Fsp3) is 0.688. The molecule has 4 rings (SSSR count). The normalized spacial score (nSPS) is 21.7. The Morgan fingerprint density at radius 1 is 1.19 bits per heavy atom. The number of likely N-dealkylation sites (tertiary alicyclic amines) is 1. The van der Waals surface area contributed by atoms with Gasteiger partial charge < -0.3 is 24.7 Å². The molecule has 2 unspecified atom stereocenters. The number of aliphatic hydroxyl groups excluding tert-OH is 1. The summed E-state index contributed by atoms with van der Waals surface area (Å²) in [6, 6.07) is 5.39. The number of aromatic nitrogens is 3. The molecular weight excluding hydrogens is 553 g/mol. The fourth-order valence-electron chi connectivity index (χ4n) is 6.71. The number of methoxy groups -OCH3 is 1. The molecular formula is C32H48FN5O5. The predicted octanol–water partition coefficient (Wildman–Crippen LogP) is 5.03. The second-order valence-corrected chi connectivity index (χ2v) is 13.7. The summed E-state index contributed by atoms with van der Waals surface area (Å²) in [5.74, 6) is -0.924. The number of para-hydroxylation sites is 1. The molecule has 2 fully saturated rings. The van der Waals surface area contributed by atoms with Crippen LogP contribution in [0, 0.1) is 29.0 Å². The van der Waals surface area contributed by atoms with Crippen LogP contribution in [0.15, 0.2) is 24.3 Å². The van der Waals surface area contributed by atoms with Crippen LogP contribution in [0.1, 0.15) is 82.9 Å². The molecule has 0 spiro atoms. The molecule has 43 heavy (non-hydrogen) atoms. The topological polar surface area (TPSA) is 121 Å². The van der Waals surface area contributed by atoms with E-state index < -0.39 is 35.5 Å². The van der Waals surface area contributed by atoms with Gasteiger partial charge in [0.15, 0.2) is 5.69 Å². The first kappa shape index (κ1) is 32.9. The SMILES string of the molecule is COCCCCc1c(C(=O)N(CC(C)C)[C@H]2C[C@@H](C(O)C3CC3)C(C(C)(C)C)N(C(=O)O)C2)nnn1-c1ccccc1F. The van der Waals surface area contributed by atoms with E-state index in [4.69, 9.17) is 4.74 Å². The molecule has 10 nitrogen and oxygen atoms in total. The zero-order valence-electron chi connectivity index (χ0n) is 26.4. The van der Waals surface area contributed by atoms with E-state index in [1.54, 1.807) is 30.2 Å². The molecule has 1 aromatic carbocycles. The van der Waals surface area contributed by atoms with E-state index in [-0.39, 0.29) is 41.6 Å². The molecule has 0 bridgehead atoms. The summed E-state index contributed by atoms with van der Waals surface area (Å²) in [6.07, 6.45) is 2.47. The molecule has 0 radical (unpaired) electrons. The number of amides is 2. The highest BCUT2D eigenvalue weighted by atomic mass is 19.1. The Balaban J connectivity index is 1.74. The first-order chi connectivity index (χ1) is 20.3. The van der Waals surface area contributed by atoms with E-state index in [9.17, 15) is 24.2 Å². The molecule has 2 heterocycles. The third-order valence-electron chi connectivity index (χ3n) is 8.69. The largest absolute Gasteiger partial charge is 0.465 e. The maximum atomic E-state index is 14.9. The highest BCUT2D eigenvalue weighted by molar-refractivity contribution is 5.93. The lowest BCUT2D eigenvalue weighted by Gasteiger charge is -2.52. The van der Waals surface area contributed by atoms with Crippen LogP contribution in [0.2, 0.25) is 0 Å². The summed E-state index contributed by atoms with van der Waals surface area (Å²) in [5, 5.41) is 30.3. The minimum atomic E-state index is -1.06. The van der Waals surface area contributed by atoms with Crippen molar-refractivity contribution in [2.75, 3.05) is 26.8 Å². The van der Waals surface area contributed by atoms with Crippen molar-refractivity contribution in [2.24, 2.45) is 23.2 Å². The summed E-state index contributed by atoms with van der Waals surface area (Å²) >= 11 is 0. The predicted molar refractivity (Wildman–Crippen MR) is 161 cm³/mol. The van der Waals surface area contributed by atoms with Gasteiger partial charge in [-0.25, -0.2) is 13.9 Å². The van der Waals surface area contributed by atoms with Crippen molar-refractivity contribution in [3.8, 4) is 5.69 Å². The number of carboxylic acid groups (broad SMARTS) is 1. The molecule has 2 N–H and O–H groups in total. The zero-order chi connectivity index (χ0) is 31.5. The Bertz CT molecular complexity index is 1260. The fourth-order valence-corrected chi connectivity index (χ4v) is 6.71. The molecule has 1 aromatic heterocycles. The van der Waals surface area contributed by atoms with Gasteiger partial charge in [0.2, 0.25) is 0 Å². The lowest BCUT2D eigenvalue weighted by molar-refractivity contribution is -0.0630. The summed E-state index contributed by atoms with van der Waals surface area (Å²) in [5.41, 5.74) is 0.448. The Morgan fingerprint density at radius 3 is 2.47 bits per heavy atom. The number of aliphatic hydroxyl groups is 1. The van der Waals surface area contributed by atoms with Crippen molar-refractivity contribution in [1.82, 2.24) is 24.8 Å². The van der Waals surface area contributed by atoms with Crippen LogP contribution in [0.3, 0.4) is 0 Å². The van der Waals surface area contributed by atoms with Gasteiger partial charge in [0.25, 0.3) is 5.91 Å². The molecule has 2 amide bonds. The van der Waals surface area contributed by atoms with Crippen molar-refractivity contribution in [3.63, 3.8) is 0 Å². The number of nitrogens with zero attached hydrogens (tertiary/aromatic N) is 5. The number of piperidine rings is 1. The van der Waals surface area contributed by atoms with Crippen molar-refractivity contribution in [2.45, 2.75) is 91.3 Å². The standard InChI is InChI=1S/C32H48FN5O5/c1-20(2)18-36(22-17-23(28(39)21-14-15-21)29(32(3,4)5)37(19-22)31(41)42)30(40)27-26(13-9-10-16-43-6)38(35-34-27)25-12-8-7-11-24(25)33/h7-8,11-12,20-23,28-29,39H,9-10,13-19H2,1-6H3,(H,41,42)/t22-,23-,28?,29?/m0/s1. The molecule has 11 heteroatoms. The number of hydrogen-bond donors (Lipinski definition) is 2. The van der Waals surface area contributed by atoms with Crippen LogP contribution in [-0.2, 0) is 11.2 Å². The van der Waals surface area contributed by atoms with Crippen molar-refractivity contribution < 1.29 is 28.9 Å². The van der Waals surface area contributed by atoms with Crippen LogP contribution in [-0.4, -0.2) is 92.0 Å². The van der Waals surface area contributed by atoms with Crippen molar-refractivity contribution in [3.05, 3.63) is 41.5 Å². The minimum absolute atomic E-state index is 0.0844. The number of hydrogen-bond acceptors (Lipinski definition) is 6. The first-order valence-corrected chi connectivity index (χ1v) is 15.5. The lowest BCUT2D eigenvalue weighted by atomic mass is 9.70. The van der Waals surface area contributed by atoms with Crippen LogP contribution >= 0.6 is 0 Å². The number of rotatable bonds is 12. The molecule has 238 valence electrons. The summed E-state index contributed by atoms with van der Waals surface area (Å²) in [4.78, 5) is 30.3. The number of ether oxygens (including phenoxy) is 1. The first-order valence-electron chi connectivity index (χ1n) is 15.5. The molecule has 1 saturated carbocycles. The number of halogens is 1. The van der Waals surface area contributed by atoms with Crippen LogP contribution in [0.25, 0.3) is 5.69 Å². The Kier molecular flexibility index (Phi) is 10.5. The van der Waals surface area contributed by atoms with Gasteiger partial charge in [-0.2, -0.15) is 0 Å². The highest BCUT2D eigenvalue weighted by Crippen LogP contribution is 2.45. The third kappa shape index (κ3) is 7.55.